The van der Waals surface area contributed by atoms with Gasteiger partial charge in [-0.15, -0.1) is 0 Å². The third-order valence-corrected chi connectivity index (χ3v) is 4.26. The van der Waals surface area contributed by atoms with Gasteiger partial charge in [0, 0.05) is 6.08 Å². The summed E-state index contributed by atoms with van der Waals surface area (Å²) in [4.78, 5) is 23.7. The fourth-order valence-electron chi connectivity index (χ4n) is 2.51. The van der Waals surface area contributed by atoms with E-state index in [9.17, 15) is 14.0 Å². The minimum absolute atomic E-state index is 0.0487. The predicted octanol–water partition coefficient (Wildman–Crippen LogP) is 3.64. The molecule has 0 unspecified atom stereocenters. The van der Waals surface area contributed by atoms with Crippen molar-refractivity contribution in [1.82, 2.24) is 5.32 Å². The first-order valence-corrected chi connectivity index (χ1v) is 8.79. The van der Waals surface area contributed by atoms with E-state index < -0.39 is 24.3 Å². The average molecular weight is 406 g/mol. The molecule has 0 spiro atoms. The average Bonchev–Trinajstić information content (AvgIpc) is 3.15. The largest absolute Gasteiger partial charge is 0.454 e. The van der Waals surface area contributed by atoms with Gasteiger partial charge >= 0.3 is 5.97 Å². The zero-order valence-electron chi connectivity index (χ0n) is 14.9. The maximum atomic E-state index is 13.1. The van der Waals surface area contributed by atoms with Crippen LogP contribution in [0.25, 0.3) is 6.08 Å². The Hall–Kier alpha value is -3.06. The highest BCUT2D eigenvalue weighted by Crippen LogP contribution is 2.34. The highest BCUT2D eigenvalue weighted by Gasteiger charge is 2.17. The Morgan fingerprint density at radius 2 is 2.04 bits per heavy atom. The molecule has 2 aromatic rings. The van der Waals surface area contributed by atoms with E-state index in [-0.39, 0.29) is 17.9 Å². The molecule has 0 saturated carbocycles. The van der Waals surface area contributed by atoms with Gasteiger partial charge in [0.25, 0.3) is 5.91 Å². The van der Waals surface area contributed by atoms with Crippen LogP contribution in [0.3, 0.4) is 0 Å². The quantitative estimate of drug-likeness (QED) is 0.586. The first kappa shape index (κ1) is 19.7. The van der Waals surface area contributed by atoms with E-state index in [0.717, 1.165) is 11.6 Å². The highest BCUT2D eigenvalue weighted by molar-refractivity contribution is 6.30. The highest BCUT2D eigenvalue weighted by atomic mass is 35.5. The Kier molecular flexibility index (Phi) is 6.16. The molecule has 28 heavy (non-hydrogen) atoms. The number of hydrogen-bond acceptors (Lipinski definition) is 5. The van der Waals surface area contributed by atoms with Crippen LogP contribution in [0.15, 0.2) is 42.5 Å². The summed E-state index contributed by atoms with van der Waals surface area (Å²) in [6.07, 6.45) is 2.55. The molecule has 1 aliphatic rings. The Bertz CT molecular complexity index is 931. The number of nitrogens with one attached hydrogen (secondary N) is 1. The number of carbonyl (C=O) groups is 2. The van der Waals surface area contributed by atoms with Gasteiger partial charge in [0.1, 0.15) is 5.82 Å². The number of hydrogen-bond donors (Lipinski definition) is 1. The van der Waals surface area contributed by atoms with Gasteiger partial charge in [0.2, 0.25) is 6.79 Å². The SMILES string of the molecule is C[C@@H](NC(=O)COC(=O)/C=C/c1ccc(F)c(Cl)c1)c1ccc2c(c1)OCO2. The van der Waals surface area contributed by atoms with Crippen LogP contribution in [-0.4, -0.2) is 25.3 Å². The predicted molar refractivity (Wildman–Crippen MR) is 101 cm³/mol. The van der Waals surface area contributed by atoms with Crippen molar-refractivity contribution in [1.29, 1.82) is 0 Å². The molecule has 1 aliphatic heterocycles. The van der Waals surface area contributed by atoms with E-state index in [1.165, 1.54) is 24.3 Å². The zero-order valence-corrected chi connectivity index (χ0v) is 15.7. The van der Waals surface area contributed by atoms with Crippen molar-refractivity contribution in [2.45, 2.75) is 13.0 Å². The summed E-state index contributed by atoms with van der Waals surface area (Å²) in [5.74, 6) is -0.417. The van der Waals surface area contributed by atoms with Gasteiger partial charge < -0.3 is 19.5 Å². The number of benzene rings is 2. The molecule has 2 aromatic carbocycles. The van der Waals surface area contributed by atoms with E-state index in [4.69, 9.17) is 25.8 Å². The second-order valence-electron chi connectivity index (χ2n) is 6.02. The fourth-order valence-corrected chi connectivity index (χ4v) is 2.70. The van der Waals surface area contributed by atoms with Gasteiger partial charge in [0.05, 0.1) is 11.1 Å². The van der Waals surface area contributed by atoms with Crippen LogP contribution < -0.4 is 14.8 Å². The van der Waals surface area contributed by atoms with Crippen LogP contribution in [0, 0.1) is 5.82 Å². The molecular weight excluding hydrogens is 389 g/mol. The monoisotopic (exact) mass is 405 g/mol. The summed E-state index contributed by atoms with van der Waals surface area (Å²) in [6, 6.07) is 9.10. The molecule has 0 aromatic heterocycles. The lowest BCUT2D eigenvalue weighted by Crippen LogP contribution is -2.30. The maximum absolute atomic E-state index is 13.1. The molecule has 146 valence electrons. The number of fused-ring (bicyclic) bond motifs is 1. The number of carbonyl (C=O) groups excluding carboxylic acids is 2. The van der Waals surface area contributed by atoms with Crippen LogP contribution in [0.4, 0.5) is 4.39 Å². The normalized spacial score (nSPS) is 13.4. The first-order valence-electron chi connectivity index (χ1n) is 8.41. The smallest absolute Gasteiger partial charge is 0.331 e. The van der Waals surface area contributed by atoms with Crippen molar-refractivity contribution in [2.24, 2.45) is 0 Å². The van der Waals surface area contributed by atoms with Gasteiger partial charge in [-0.1, -0.05) is 23.7 Å². The number of ether oxygens (including phenoxy) is 3. The van der Waals surface area contributed by atoms with Crippen LogP contribution >= 0.6 is 11.6 Å². The summed E-state index contributed by atoms with van der Waals surface area (Å²) >= 11 is 5.67. The molecular formula is C20H17ClFNO5. The fraction of sp³-hybridized carbons (Fsp3) is 0.200. The Labute approximate surface area is 165 Å². The molecule has 0 saturated heterocycles. The maximum Gasteiger partial charge on any atom is 0.331 e. The molecule has 1 heterocycles. The number of esters is 1. The minimum atomic E-state index is -0.702. The summed E-state index contributed by atoms with van der Waals surface area (Å²) < 4.78 is 28.6. The number of amides is 1. The van der Waals surface area contributed by atoms with Crippen LogP contribution in [0.1, 0.15) is 24.1 Å². The molecule has 3 rings (SSSR count). The van der Waals surface area contributed by atoms with Gasteiger partial charge in [0.15, 0.2) is 18.1 Å². The van der Waals surface area contributed by atoms with Crippen molar-refractivity contribution in [3.8, 4) is 11.5 Å². The third kappa shape index (κ3) is 5.01. The molecule has 1 atom stereocenters. The van der Waals surface area contributed by atoms with Gasteiger partial charge in [-0.25, -0.2) is 9.18 Å². The lowest BCUT2D eigenvalue weighted by Gasteiger charge is -2.14. The summed E-state index contributed by atoms with van der Waals surface area (Å²) in [7, 11) is 0. The topological polar surface area (TPSA) is 73.9 Å². The summed E-state index contributed by atoms with van der Waals surface area (Å²) in [5.41, 5.74) is 1.36. The molecule has 1 amide bonds. The third-order valence-electron chi connectivity index (χ3n) is 3.98. The number of halogens is 2. The standard InChI is InChI=1S/C20H17ClFNO5/c1-12(14-4-6-17-18(9-14)28-11-27-17)23-19(24)10-26-20(25)7-3-13-2-5-16(22)15(21)8-13/h2-9,12H,10-11H2,1H3,(H,23,24)/b7-3+/t12-/m1/s1. The Morgan fingerprint density at radius 3 is 2.82 bits per heavy atom. The first-order chi connectivity index (χ1) is 13.4. The van der Waals surface area contributed by atoms with E-state index in [1.54, 1.807) is 19.1 Å². The molecule has 0 aliphatic carbocycles. The molecule has 0 fully saturated rings. The van der Waals surface area contributed by atoms with Crippen LogP contribution in [0.2, 0.25) is 5.02 Å². The molecule has 6 nitrogen and oxygen atoms in total. The molecule has 0 bridgehead atoms. The van der Waals surface area contributed by atoms with Gasteiger partial charge in [-0.05, 0) is 48.4 Å². The zero-order chi connectivity index (χ0) is 20.1. The lowest BCUT2D eigenvalue weighted by atomic mass is 10.1. The number of rotatable bonds is 6. The van der Waals surface area contributed by atoms with Crippen molar-refractivity contribution >= 4 is 29.6 Å². The minimum Gasteiger partial charge on any atom is -0.454 e. The van der Waals surface area contributed by atoms with Crippen LogP contribution in [-0.2, 0) is 14.3 Å². The second kappa shape index (κ2) is 8.75. The van der Waals surface area contributed by atoms with Crippen molar-refractivity contribution < 1.29 is 28.2 Å². The summed E-state index contributed by atoms with van der Waals surface area (Å²) in [6.45, 7) is 1.55. The molecule has 1 N–H and O–H groups in total. The van der Waals surface area contributed by atoms with E-state index in [0.29, 0.717) is 17.1 Å². The van der Waals surface area contributed by atoms with Crippen molar-refractivity contribution in [3.05, 3.63) is 64.4 Å². The summed E-state index contributed by atoms with van der Waals surface area (Å²) in [5, 5.41) is 2.69. The lowest BCUT2D eigenvalue weighted by molar-refractivity contribution is -0.144. The van der Waals surface area contributed by atoms with Crippen molar-refractivity contribution in [2.75, 3.05) is 13.4 Å². The molecule has 0 radical (unpaired) electrons. The van der Waals surface area contributed by atoms with E-state index >= 15 is 0 Å². The van der Waals surface area contributed by atoms with E-state index in [1.807, 2.05) is 6.07 Å². The molecule has 8 heteroatoms. The Balaban J connectivity index is 1.47. The van der Waals surface area contributed by atoms with E-state index in [2.05, 4.69) is 5.32 Å². The van der Waals surface area contributed by atoms with Gasteiger partial charge in [-0.2, -0.15) is 0 Å². The second-order valence-corrected chi connectivity index (χ2v) is 6.42. The van der Waals surface area contributed by atoms with Crippen LogP contribution in [0.5, 0.6) is 11.5 Å². The Morgan fingerprint density at radius 1 is 1.25 bits per heavy atom. The van der Waals surface area contributed by atoms with Crippen molar-refractivity contribution in [3.63, 3.8) is 0 Å². The van der Waals surface area contributed by atoms with Gasteiger partial charge in [-0.3, -0.25) is 4.79 Å².